The van der Waals surface area contributed by atoms with Crippen molar-refractivity contribution >= 4 is 44.8 Å². The van der Waals surface area contributed by atoms with Crippen molar-refractivity contribution in [2.24, 2.45) is 0 Å². The second-order valence-electron chi connectivity index (χ2n) is 10.4. The van der Waals surface area contributed by atoms with Crippen LogP contribution in [-0.4, -0.2) is 62.9 Å². The van der Waals surface area contributed by atoms with Crippen LogP contribution in [0.4, 0.5) is 11.4 Å². The summed E-state index contributed by atoms with van der Waals surface area (Å²) in [5.41, 5.74) is 0.414. The van der Waals surface area contributed by atoms with Gasteiger partial charge in [0, 0.05) is 29.2 Å². The van der Waals surface area contributed by atoms with Gasteiger partial charge in [0.1, 0.15) is 24.1 Å². The quantitative estimate of drug-likeness (QED) is 0.185. The lowest BCUT2D eigenvalue weighted by Gasteiger charge is -2.33. The number of benzene rings is 3. The normalized spacial score (nSPS) is 12.5. The van der Waals surface area contributed by atoms with Crippen molar-refractivity contribution in [1.29, 1.82) is 0 Å². The average molecular weight is 661 g/mol. The van der Waals surface area contributed by atoms with Crippen LogP contribution in [0.15, 0.2) is 65.6 Å². The van der Waals surface area contributed by atoms with E-state index in [1.165, 1.54) is 56.4 Å². The molecule has 0 radical (unpaired) electrons. The number of hydrogen-bond donors (Lipinski definition) is 1. The molecule has 242 valence electrons. The molecule has 0 bridgehead atoms. The predicted molar refractivity (Wildman–Crippen MR) is 171 cm³/mol. The van der Waals surface area contributed by atoms with Crippen LogP contribution in [-0.2, 0) is 26.2 Å². The van der Waals surface area contributed by atoms with Crippen LogP contribution in [0.5, 0.6) is 11.5 Å². The summed E-state index contributed by atoms with van der Waals surface area (Å²) in [7, 11) is -1.81. The molecule has 0 spiro atoms. The van der Waals surface area contributed by atoms with E-state index in [9.17, 15) is 28.1 Å². The van der Waals surface area contributed by atoms with E-state index in [1.54, 1.807) is 31.2 Å². The minimum Gasteiger partial charge on any atom is -0.497 e. The van der Waals surface area contributed by atoms with Crippen LogP contribution in [0, 0.1) is 17.0 Å². The number of halogens is 1. The van der Waals surface area contributed by atoms with E-state index < -0.39 is 49.9 Å². The lowest BCUT2D eigenvalue weighted by atomic mass is 10.1. The van der Waals surface area contributed by atoms with Gasteiger partial charge in [-0.1, -0.05) is 36.7 Å². The zero-order valence-electron chi connectivity index (χ0n) is 25.9. The highest BCUT2D eigenvalue weighted by atomic mass is 35.5. The summed E-state index contributed by atoms with van der Waals surface area (Å²) in [5, 5.41) is 14.7. The second kappa shape index (κ2) is 15.1. The Morgan fingerprint density at radius 1 is 1.04 bits per heavy atom. The third-order valence-electron chi connectivity index (χ3n) is 7.31. The van der Waals surface area contributed by atoms with Crippen molar-refractivity contribution in [2.45, 2.75) is 57.6 Å². The highest BCUT2D eigenvalue weighted by Gasteiger charge is 2.35. The van der Waals surface area contributed by atoms with Crippen LogP contribution in [0.25, 0.3) is 0 Å². The Bertz CT molecular complexity index is 1670. The fourth-order valence-electron chi connectivity index (χ4n) is 4.46. The molecule has 0 unspecified atom stereocenters. The summed E-state index contributed by atoms with van der Waals surface area (Å²) in [6.07, 6.45) is 0.658. The molecule has 0 aliphatic heterocycles. The van der Waals surface area contributed by atoms with Crippen molar-refractivity contribution in [3.63, 3.8) is 0 Å². The molecule has 3 rings (SSSR count). The van der Waals surface area contributed by atoms with Gasteiger partial charge in [0.2, 0.25) is 11.8 Å². The number of nitrogens with zero attached hydrogens (tertiary/aromatic N) is 3. The Kier molecular flexibility index (Phi) is 11.8. The number of rotatable bonds is 14. The van der Waals surface area contributed by atoms with Gasteiger partial charge in [-0.05, 0) is 69.2 Å². The van der Waals surface area contributed by atoms with Crippen molar-refractivity contribution in [3.8, 4) is 11.5 Å². The Morgan fingerprint density at radius 3 is 2.38 bits per heavy atom. The van der Waals surface area contributed by atoms with E-state index in [2.05, 4.69) is 5.32 Å². The molecule has 2 amide bonds. The van der Waals surface area contributed by atoms with Crippen molar-refractivity contribution in [1.82, 2.24) is 10.2 Å². The smallest absolute Gasteiger partial charge is 0.273 e. The number of nitro benzene ring substituents is 1. The number of sulfonamides is 1. The Hall–Kier alpha value is -4.36. The van der Waals surface area contributed by atoms with E-state index in [0.717, 1.165) is 10.4 Å². The Balaban J connectivity index is 2.16. The molecular weight excluding hydrogens is 624 g/mol. The zero-order valence-corrected chi connectivity index (χ0v) is 27.5. The van der Waals surface area contributed by atoms with E-state index in [4.69, 9.17) is 21.1 Å². The van der Waals surface area contributed by atoms with E-state index in [0.29, 0.717) is 17.7 Å². The Morgan fingerprint density at radius 2 is 1.76 bits per heavy atom. The van der Waals surface area contributed by atoms with Gasteiger partial charge in [0.25, 0.3) is 15.7 Å². The zero-order chi connectivity index (χ0) is 33.5. The topological polar surface area (TPSA) is 148 Å². The molecule has 0 aromatic heterocycles. The van der Waals surface area contributed by atoms with Crippen LogP contribution >= 0.6 is 11.6 Å². The molecule has 3 aromatic rings. The number of methoxy groups -OCH3 is 2. The van der Waals surface area contributed by atoms with Crippen molar-refractivity contribution < 1.29 is 32.4 Å². The molecule has 0 aliphatic rings. The number of carbonyl (C=O) groups excluding carboxylic acids is 2. The maximum Gasteiger partial charge on any atom is 0.273 e. The molecule has 14 heteroatoms. The second-order valence-corrected chi connectivity index (χ2v) is 12.7. The first-order valence-corrected chi connectivity index (χ1v) is 15.9. The third-order valence-corrected chi connectivity index (χ3v) is 9.30. The lowest BCUT2D eigenvalue weighted by molar-refractivity contribution is -0.385. The highest BCUT2D eigenvalue weighted by Crippen LogP contribution is 2.36. The first-order chi connectivity index (χ1) is 21.2. The van der Waals surface area contributed by atoms with Gasteiger partial charge in [-0.15, -0.1) is 0 Å². The van der Waals surface area contributed by atoms with Crippen molar-refractivity contribution in [3.05, 3.63) is 86.9 Å². The fourth-order valence-corrected chi connectivity index (χ4v) is 6.06. The monoisotopic (exact) mass is 660 g/mol. The lowest BCUT2D eigenvalue weighted by Crippen LogP contribution is -2.52. The van der Waals surface area contributed by atoms with Crippen LogP contribution in [0.3, 0.4) is 0 Å². The predicted octanol–water partition coefficient (Wildman–Crippen LogP) is 5.10. The van der Waals surface area contributed by atoms with E-state index >= 15 is 0 Å². The highest BCUT2D eigenvalue weighted by molar-refractivity contribution is 7.92. The molecule has 0 aliphatic carbocycles. The number of aryl methyl sites for hydroxylation is 1. The minimum absolute atomic E-state index is 0.0539. The van der Waals surface area contributed by atoms with Gasteiger partial charge >= 0.3 is 0 Å². The maximum atomic E-state index is 14.2. The largest absolute Gasteiger partial charge is 0.497 e. The number of carbonyl (C=O) groups is 2. The SMILES string of the molecule is CC[C@H](C)NC(=O)[C@@H](C)N(Cc1cccc(OC)c1)C(=O)CN(c1cc(Cl)ccc1OC)S(=O)(=O)c1ccc(C)c([N+](=O)[O-])c1. The average Bonchev–Trinajstić information content (AvgIpc) is 3.01. The summed E-state index contributed by atoms with van der Waals surface area (Å²) in [6, 6.07) is 13.5. The summed E-state index contributed by atoms with van der Waals surface area (Å²) in [4.78, 5) is 39.3. The summed E-state index contributed by atoms with van der Waals surface area (Å²) >= 11 is 6.26. The van der Waals surface area contributed by atoms with E-state index in [1.807, 2.05) is 13.8 Å². The van der Waals surface area contributed by atoms with Crippen molar-refractivity contribution in [2.75, 3.05) is 25.1 Å². The molecule has 45 heavy (non-hydrogen) atoms. The summed E-state index contributed by atoms with van der Waals surface area (Å²) < 4.78 is 40.0. The number of amides is 2. The maximum absolute atomic E-state index is 14.2. The van der Waals surface area contributed by atoms with Crippen LogP contribution < -0.4 is 19.1 Å². The molecule has 3 aromatic carbocycles. The fraction of sp³-hybridized carbons (Fsp3) is 0.355. The van der Waals surface area contributed by atoms with Crippen LogP contribution in [0.1, 0.15) is 38.3 Å². The molecule has 0 saturated heterocycles. The number of hydrogen-bond acceptors (Lipinski definition) is 8. The Labute approximate surface area is 268 Å². The van der Waals surface area contributed by atoms with Gasteiger partial charge in [0.05, 0.1) is 29.7 Å². The third kappa shape index (κ3) is 8.43. The van der Waals surface area contributed by atoms with Gasteiger partial charge < -0.3 is 19.7 Å². The van der Waals surface area contributed by atoms with Gasteiger partial charge in [-0.3, -0.25) is 24.0 Å². The molecule has 1 N–H and O–H groups in total. The molecule has 2 atom stereocenters. The molecule has 12 nitrogen and oxygen atoms in total. The summed E-state index contributed by atoms with van der Waals surface area (Å²) in [6.45, 7) is 5.94. The molecular formula is C31H37ClN4O8S. The van der Waals surface area contributed by atoms with E-state index in [-0.39, 0.29) is 34.6 Å². The van der Waals surface area contributed by atoms with Crippen LogP contribution in [0.2, 0.25) is 5.02 Å². The van der Waals surface area contributed by atoms with Gasteiger partial charge in [0.15, 0.2) is 0 Å². The standard InChI is InChI=1S/C31H37ClN4O8S/c1-7-21(3)33-31(38)22(4)34(18-23-9-8-10-25(15-23)43-5)30(37)19-35(28-16-24(32)12-14-29(28)44-6)45(41,42)26-13-11-20(2)27(17-26)36(39)40/h8-17,21-22H,7,18-19H2,1-6H3,(H,33,38)/t21-,22+/m0/s1. The molecule has 0 fully saturated rings. The number of nitrogens with one attached hydrogen (secondary N) is 1. The number of nitro groups is 1. The number of ether oxygens (including phenoxy) is 2. The minimum atomic E-state index is -4.64. The first kappa shape index (κ1) is 35.1. The van der Waals surface area contributed by atoms with Gasteiger partial charge in [-0.2, -0.15) is 0 Å². The van der Waals surface area contributed by atoms with Gasteiger partial charge in [-0.25, -0.2) is 8.42 Å². The molecule has 0 saturated carbocycles. The number of anilines is 1. The first-order valence-electron chi connectivity index (χ1n) is 14.1. The summed E-state index contributed by atoms with van der Waals surface area (Å²) in [5.74, 6) is -0.536. The molecule has 0 heterocycles.